The fourth-order valence-corrected chi connectivity index (χ4v) is 3.78. The van der Waals surface area contributed by atoms with Crippen LogP contribution in [0.25, 0.3) is 5.65 Å². The minimum absolute atomic E-state index is 0.138. The Morgan fingerprint density at radius 3 is 2.89 bits per heavy atom. The van der Waals surface area contributed by atoms with Crippen molar-refractivity contribution in [1.82, 2.24) is 9.38 Å². The Kier molecular flexibility index (Phi) is 5.53. The van der Waals surface area contributed by atoms with E-state index < -0.39 is 22.7 Å². The van der Waals surface area contributed by atoms with Crippen LogP contribution in [-0.2, 0) is 20.9 Å². The van der Waals surface area contributed by atoms with Crippen molar-refractivity contribution >= 4 is 17.4 Å². The molecule has 9 nitrogen and oxygen atoms in total. The van der Waals surface area contributed by atoms with Crippen LogP contribution in [0.5, 0.6) is 0 Å². The molecule has 2 aromatic heterocycles. The molecule has 1 aliphatic rings. The molecule has 28 heavy (non-hydrogen) atoms. The van der Waals surface area contributed by atoms with Crippen LogP contribution in [0, 0.1) is 34.8 Å². The van der Waals surface area contributed by atoms with Crippen LogP contribution in [-0.4, -0.2) is 32.6 Å². The number of ether oxygens (including phenoxy) is 1. The van der Waals surface area contributed by atoms with Gasteiger partial charge in [-0.25, -0.2) is 4.98 Å². The summed E-state index contributed by atoms with van der Waals surface area (Å²) >= 11 is 0. The second-order valence-electron chi connectivity index (χ2n) is 7.27. The minimum atomic E-state index is -0.703. The van der Waals surface area contributed by atoms with Gasteiger partial charge < -0.3 is 4.74 Å². The van der Waals surface area contributed by atoms with Crippen LogP contribution in [0.15, 0.2) is 29.2 Å². The van der Waals surface area contributed by atoms with E-state index in [0.717, 1.165) is 5.56 Å². The summed E-state index contributed by atoms with van der Waals surface area (Å²) < 4.78 is 6.60. The van der Waals surface area contributed by atoms with Crippen molar-refractivity contribution in [2.24, 2.45) is 17.8 Å². The van der Waals surface area contributed by atoms with E-state index in [4.69, 9.17) is 4.74 Å². The summed E-state index contributed by atoms with van der Waals surface area (Å²) in [5.74, 6) is -2.09. The Labute approximate surface area is 160 Å². The van der Waals surface area contributed by atoms with E-state index in [2.05, 4.69) is 4.98 Å². The number of rotatable bonds is 6. The second kappa shape index (κ2) is 7.87. The van der Waals surface area contributed by atoms with E-state index >= 15 is 0 Å². The zero-order valence-electron chi connectivity index (χ0n) is 15.7. The molecule has 148 valence electrons. The summed E-state index contributed by atoms with van der Waals surface area (Å²) in [6.07, 6.45) is 1.64. The van der Waals surface area contributed by atoms with E-state index in [1.165, 1.54) is 10.5 Å². The van der Waals surface area contributed by atoms with Crippen molar-refractivity contribution in [2.45, 2.75) is 33.3 Å². The zero-order valence-corrected chi connectivity index (χ0v) is 15.7. The highest BCUT2D eigenvalue weighted by Crippen LogP contribution is 2.36. The minimum Gasteiger partial charge on any atom is -0.459 e. The van der Waals surface area contributed by atoms with Gasteiger partial charge in [0.15, 0.2) is 0 Å². The van der Waals surface area contributed by atoms with Crippen molar-refractivity contribution in [3.63, 3.8) is 0 Å². The van der Waals surface area contributed by atoms with E-state index in [9.17, 15) is 24.5 Å². The molecule has 1 saturated carbocycles. The van der Waals surface area contributed by atoms with Crippen molar-refractivity contribution < 1.29 is 19.2 Å². The van der Waals surface area contributed by atoms with Crippen molar-refractivity contribution in [3.05, 3.63) is 56.1 Å². The number of aryl methyl sites for hydroxylation is 1. The Morgan fingerprint density at radius 1 is 1.43 bits per heavy atom. The summed E-state index contributed by atoms with van der Waals surface area (Å²) in [5, 5.41) is 10.9. The van der Waals surface area contributed by atoms with Crippen molar-refractivity contribution in [3.8, 4) is 0 Å². The number of pyridine rings is 1. The first-order chi connectivity index (χ1) is 13.3. The second-order valence-corrected chi connectivity index (χ2v) is 7.27. The highest BCUT2D eigenvalue weighted by molar-refractivity contribution is 5.87. The van der Waals surface area contributed by atoms with Gasteiger partial charge in [-0.15, -0.1) is 0 Å². The molecule has 0 radical (unpaired) electrons. The topological polar surface area (TPSA) is 121 Å². The Balaban J connectivity index is 1.68. The summed E-state index contributed by atoms with van der Waals surface area (Å²) in [5.41, 5.74) is 1.30. The first-order valence-electron chi connectivity index (χ1n) is 9.04. The lowest BCUT2D eigenvalue weighted by Crippen LogP contribution is -2.27. The molecule has 2 heterocycles. The molecule has 0 bridgehead atoms. The van der Waals surface area contributed by atoms with E-state index in [-0.39, 0.29) is 43.3 Å². The molecule has 0 amide bonds. The fraction of sp³-hybridized carbons (Fsp3) is 0.474. The molecule has 0 aliphatic heterocycles. The lowest BCUT2D eigenvalue weighted by atomic mass is 9.88. The maximum absolute atomic E-state index is 12.2. The third kappa shape index (κ3) is 4.08. The summed E-state index contributed by atoms with van der Waals surface area (Å²) in [6.45, 7) is 3.06. The number of nitrogens with zero attached hydrogens (tertiary/aromatic N) is 3. The zero-order chi connectivity index (χ0) is 20.4. The Bertz CT molecular complexity index is 999. The van der Waals surface area contributed by atoms with Crippen molar-refractivity contribution in [2.75, 3.05) is 6.54 Å². The predicted octanol–water partition coefficient (Wildman–Crippen LogP) is 1.55. The largest absolute Gasteiger partial charge is 0.459 e. The molecule has 0 aromatic carbocycles. The van der Waals surface area contributed by atoms with E-state index in [1.807, 2.05) is 13.0 Å². The first-order valence-corrected chi connectivity index (χ1v) is 9.04. The summed E-state index contributed by atoms with van der Waals surface area (Å²) in [4.78, 5) is 51.3. The molecular weight excluding hydrogens is 366 g/mol. The van der Waals surface area contributed by atoms with Crippen LogP contribution in [0.2, 0.25) is 0 Å². The van der Waals surface area contributed by atoms with Crippen LogP contribution in [0.1, 0.15) is 31.0 Å². The SMILES string of the molecule is Cc1cccn2c(=O)cc(COC(=O)C[C@H]3C(=O)C[C@@H](C)[C@H]3C[N+](=O)[O-])nc12. The number of Topliss-reactive ketones (excluding diaryl/α,β-unsaturated/α-hetero) is 1. The van der Waals surface area contributed by atoms with E-state index in [0.29, 0.717) is 11.3 Å². The highest BCUT2D eigenvalue weighted by Gasteiger charge is 2.44. The molecule has 1 fully saturated rings. The van der Waals surface area contributed by atoms with Crippen molar-refractivity contribution in [1.29, 1.82) is 0 Å². The van der Waals surface area contributed by atoms with Gasteiger partial charge in [0, 0.05) is 35.4 Å². The molecule has 0 spiro atoms. The molecule has 0 N–H and O–H groups in total. The molecule has 9 heteroatoms. The number of nitro groups is 1. The monoisotopic (exact) mass is 387 g/mol. The standard InChI is InChI=1S/C19H21N3O6/c1-11-4-3-5-21-17(24)7-13(20-19(11)21)10-28-18(25)8-14-15(9-22(26)27)12(2)6-16(14)23/h3-5,7,12,14-15H,6,8-10H2,1-2H3/t12-,14-,15-/m1/s1. The maximum atomic E-state index is 12.2. The van der Waals surface area contributed by atoms with Gasteiger partial charge in [0.05, 0.1) is 12.1 Å². The number of carbonyl (C=O) groups is 2. The third-order valence-corrected chi connectivity index (χ3v) is 5.25. The lowest BCUT2D eigenvalue weighted by molar-refractivity contribution is -0.490. The van der Waals surface area contributed by atoms with E-state index in [1.54, 1.807) is 19.2 Å². The number of esters is 1. The van der Waals surface area contributed by atoms with Gasteiger partial charge in [-0.2, -0.15) is 0 Å². The lowest BCUT2D eigenvalue weighted by Gasteiger charge is -2.17. The average molecular weight is 387 g/mol. The molecule has 0 saturated heterocycles. The molecule has 0 unspecified atom stereocenters. The van der Waals surface area contributed by atoms with Gasteiger partial charge in [-0.3, -0.25) is 28.9 Å². The van der Waals surface area contributed by atoms with Gasteiger partial charge in [-0.05, 0) is 24.5 Å². The summed E-state index contributed by atoms with van der Waals surface area (Å²) in [7, 11) is 0. The van der Waals surface area contributed by atoms with Gasteiger partial charge in [0.25, 0.3) is 5.56 Å². The molecule has 3 atom stereocenters. The third-order valence-electron chi connectivity index (χ3n) is 5.25. The Morgan fingerprint density at radius 2 is 2.18 bits per heavy atom. The number of hydrogen-bond donors (Lipinski definition) is 0. The molecule has 1 aliphatic carbocycles. The van der Waals surface area contributed by atoms with Gasteiger partial charge in [0.1, 0.15) is 18.0 Å². The van der Waals surface area contributed by atoms with Gasteiger partial charge in [-0.1, -0.05) is 13.0 Å². The van der Waals surface area contributed by atoms with Crippen LogP contribution >= 0.6 is 0 Å². The number of hydrogen-bond acceptors (Lipinski definition) is 7. The number of ketones is 1. The maximum Gasteiger partial charge on any atom is 0.306 e. The number of carbonyl (C=O) groups excluding carboxylic acids is 2. The fourth-order valence-electron chi connectivity index (χ4n) is 3.78. The number of aromatic nitrogens is 2. The highest BCUT2D eigenvalue weighted by atomic mass is 16.6. The van der Waals surface area contributed by atoms with Crippen LogP contribution < -0.4 is 5.56 Å². The van der Waals surface area contributed by atoms with Crippen LogP contribution in [0.3, 0.4) is 0 Å². The summed E-state index contributed by atoms with van der Waals surface area (Å²) in [6, 6.07) is 4.85. The average Bonchev–Trinajstić information content (AvgIpc) is 2.87. The van der Waals surface area contributed by atoms with Crippen LogP contribution in [0.4, 0.5) is 0 Å². The molecular formula is C19H21N3O6. The molecule has 2 aromatic rings. The normalized spacial score (nSPS) is 21.8. The predicted molar refractivity (Wildman–Crippen MR) is 98.2 cm³/mol. The number of fused-ring (bicyclic) bond motifs is 1. The quantitative estimate of drug-likeness (QED) is 0.419. The van der Waals surface area contributed by atoms with Gasteiger partial charge >= 0.3 is 5.97 Å². The smallest absolute Gasteiger partial charge is 0.306 e. The first kappa shape index (κ1) is 19.7. The molecule has 3 rings (SSSR count). The van der Waals surface area contributed by atoms with Gasteiger partial charge in [0.2, 0.25) is 6.54 Å². The Hall–Kier alpha value is -3.10.